The summed E-state index contributed by atoms with van der Waals surface area (Å²) in [6.45, 7) is 2.11. The normalized spacial score (nSPS) is 13.0. The molecule has 1 N–H and O–H groups in total. The molecule has 1 aliphatic rings. The molecule has 0 bridgehead atoms. The number of fused-ring (bicyclic) bond motifs is 1. The van der Waals surface area contributed by atoms with Crippen LogP contribution < -0.4 is 19.1 Å². The maximum Gasteiger partial charge on any atom is 0.264 e. The second-order valence-electron chi connectivity index (χ2n) is 11.1. The van der Waals surface area contributed by atoms with Gasteiger partial charge in [0.05, 0.1) is 10.6 Å². The van der Waals surface area contributed by atoms with Crippen LogP contribution in [0, 0.1) is 5.82 Å². The number of nitrogens with zero attached hydrogens (tertiary/aromatic N) is 2. The van der Waals surface area contributed by atoms with Crippen molar-refractivity contribution in [2.24, 2.45) is 0 Å². The van der Waals surface area contributed by atoms with Crippen molar-refractivity contribution in [2.45, 2.75) is 43.7 Å². The standard InChI is InChI=1S/C36H38FN3O6S/c1-2-3-20-38-36(42)32(23-27-12-6-4-7-13-27)39(25-28-14-10-11-17-31(28)37)35(41)26-40(47(43,44)30-15-8-5-9-16-30)29-18-19-33-34(24-29)46-22-21-45-33/h4-19,24,32H,2-3,20-23,25-26H2,1H3,(H,38,42)/t32-/m0/s1. The molecule has 1 atom stereocenters. The highest BCUT2D eigenvalue weighted by atomic mass is 32.2. The quantitative estimate of drug-likeness (QED) is 0.183. The fourth-order valence-corrected chi connectivity index (χ4v) is 6.73. The maximum absolute atomic E-state index is 15.1. The number of unbranched alkanes of at least 4 members (excludes halogenated alkanes) is 1. The zero-order chi connectivity index (χ0) is 33.2. The number of hydrogen-bond donors (Lipinski definition) is 1. The lowest BCUT2D eigenvalue weighted by molar-refractivity contribution is -0.140. The summed E-state index contributed by atoms with van der Waals surface area (Å²) in [7, 11) is -4.30. The molecule has 2 amide bonds. The van der Waals surface area contributed by atoms with E-state index >= 15 is 4.39 Å². The smallest absolute Gasteiger partial charge is 0.264 e. The van der Waals surface area contributed by atoms with Crippen LogP contribution in [0.1, 0.15) is 30.9 Å². The topological polar surface area (TPSA) is 105 Å². The van der Waals surface area contributed by atoms with Gasteiger partial charge in [-0.05, 0) is 42.3 Å². The average Bonchev–Trinajstić information content (AvgIpc) is 3.10. The molecule has 4 aromatic rings. The number of rotatable bonds is 14. The lowest BCUT2D eigenvalue weighted by Crippen LogP contribution is -2.53. The summed E-state index contributed by atoms with van der Waals surface area (Å²) in [6.07, 6.45) is 1.72. The Labute approximate surface area is 275 Å². The fourth-order valence-electron chi connectivity index (χ4n) is 5.31. The Morgan fingerprint density at radius 2 is 1.53 bits per heavy atom. The zero-order valence-corrected chi connectivity index (χ0v) is 27.0. The van der Waals surface area contributed by atoms with Crippen LogP contribution in [-0.2, 0) is 32.6 Å². The largest absolute Gasteiger partial charge is 0.486 e. The second kappa shape index (κ2) is 15.6. The van der Waals surface area contributed by atoms with Gasteiger partial charge >= 0.3 is 0 Å². The number of carbonyl (C=O) groups is 2. The van der Waals surface area contributed by atoms with Crippen LogP contribution in [0.4, 0.5) is 10.1 Å². The van der Waals surface area contributed by atoms with Gasteiger partial charge in [0.1, 0.15) is 31.6 Å². The lowest BCUT2D eigenvalue weighted by atomic mass is 10.0. The number of anilines is 1. The highest BCUT2D eigenvalue weighted by Crippen LogP contribution is 2.36. The first-order valence-electron chi connectivity index (χ1n) is 15.6. The van der Waals surface area contributed by atoms with E-state index in [1.807, 2.05) is 37.3 Å². The van der Waals surface area contributed by atoms with Gasteiger partial charge in [-0.2, -0.15) is 0 Å². The van der Waals surface area contributed by atoms with Crippen LogP contribution in [0.2, 0.25) is 0 Å². The van der Waals surface area contributed by atoms with E-state index < -0.39 is 40.2 Å². The van der Waals surface area contributed by atoms with Gasteiger partial charge in [-0.15, -0.1) is 0 Å². The van der Waals surface area contributed by atoms with E-state index in [1.54, 1.807) is 48.5 Å². The van der Waals surface area contributed by atoms with Crippen LogP contribution in [-0.4, -0.2) is 57.5 Å². The lowest BCUT2D eigenvalue weighted by Gasteiger charge is -2.34. The molecular formula is C36H38FN3O6S. The van der Waals surface area contributed by atoms with E-state index in [0.29, 0.717) is 24.7 Å². The molecule has 9 nitrogen and oxygen atoms in total. The monoisotopic (exact) mass is 659 g/mol. The number of sulfonamides is 1. The molecular weight excluding hydrogens is 621 g/mol. The van der Waals surface area contributed by atoms with Gasteiger partial charge < -0.3 is 19.7 Å². The average molecular weight is 660 g/mol. The van der Waals surface area contributed by atoms with E-state index in [1.165, 1.54) is 29.2 Å². The van der Waals surface area contributed by atoms with Gasteiger partial charge in [0.25, 0.3) is 10.0 Å². The highest BCUT2D eigenvalue weighted by molar-refractivity contribution is 7.92. The summed E-state index contributed by atoms with van der Waals surface area (Å²) in [5.74, 6) is -0.847. The maximum atomic E-state index is 15.1. The molecule has 246 valence electrons. The van der Waals surface area contributed by atoms with Crippen LogP contribution in [0.15, 0.2) is 108 Å². The van der Waals surface area contributed by atoms with Crippen molar-refractivity contribution in [1.82, 2.24) is 10.2 Å². The molecule has 1 aliphatic heterocycles. The number of benzene rings is 4. The number of carbonyl (C=O) groups excluding carboxylic acids is 2. The summed E-state index contributed by atoms with van der Waals surface area (Å²) < 4.78 is 55.8. The number of amides is 2. The number of halogens is 1. The van der Waals surface area contributed by atoms with Gasteiger partial charge in [-0.1, -0.05) is 80.1 Å². The minimum Gasteiger partial charge on any atom is -0.486 e. The van der Waals surface area contributed by atoms with Crippen LogP contribution in [0.5, 0.6) is 11.5 Å². The van der Waals surface area contributed by atoms with Crippen molar-refractivity contribution in [3.8, 4) is 11.5 Å². The molecule has 47 heavy (non-hydrogen) atoms. The Morgan fingerprint density at radius 1 is 0.872 bits per heavy atom. The van der Waals surface area contributed by atoms with Gasteiger partial charge in [0, 0.05) is 31.1 Å². The third kappa shape index (κ3) is 8.28. The first kappa shape index (κ1) is 33.5. The van der Waals surface area contributed by atoms with Crippen molar-refractivity contribution in [2.75, 3.05) is 30.6 Å². The van der Waals surface area contributed by atoms with Crippen LogP contribution in [0.25, 0.3) is 0 Å². The Morgan fingerprint density at radius 3 is 2.23 bits per heavy atom. The van der Waals surface area contributed by atoms with Crippen LogP contribution >= 0.6 is 0 Å². The molecule has 4 aromatic carbocycles. The Balaban J connectivity index is 1.58. The molecule has 0 saturated heterocycles. The molecule has 0 aliphatic carbocycles. The molecule has 0 unspecified atom stereocenters. The summed E-state index contributed by atoms with van der Waals surface area (Å²) >= 11 is 0. The molecule has 0 saturated carbocycles. The van der Waals surface area contributed by atoms with Gasteiger partial charge in [-0.25, -0.2) is 12.8 Å². The Kier molecular flexibility index (Phi) is 11.1. The van der Waals surface area contributed by atoms with Crippen molar-refractivity contribution in [1.29, 1.82) is 0 Å². The Bertz CT molecular complexity index is 1770. The van der Waals surface area contributed by atoms with E-state index in [2.05, 4.69) is 5.32 Å². The van der Waals surface area contributed by atoms with Crippen molar-refractivity contribution < 1.29 is 31.9 Å². The minimum atomic E-state index is -4.30. The van der Waals surface area contributed by atoms with E-state index in [4.69, 9.17) is 9.47 Å². The predicted octanol–water partition coefficient (Wildman–Crippen LogP) is 5.35. The summed E-state index contributed by atoms with van der Waals surface area (Å²) in [6, 6.07) is 26.6. The molecule has 5 rings (SSSR count). The summed E-state index contributed by atoms with van der Waals surface area (Å²) in [4.78, 5) is 29.6. The SMILES string of the molecule is CCCCNC(=O)[C@H](Cc1ccccc1)N(Cc1ccccc1F)C(=O)CN(c1ccc2c(c1)OCCO2)S(=O)(=O)c1ccccc1. The first-order chi connectivity index (χ1) is 22.8. The van der Waals surface area contributed by atoms with Crippen molar-refractivity contribution in [3.63, 3.8) is 0 Å². The van der Waals surface area contributed by atoms with Crippen molar-refractivity contribution >= 4 is 27.5 Å². The minimum absolute atomic E-state index is 0.0264. The van der Waals surface area contributed by atoms with Gasteiger partial charge in [0.15, 0.2) is 11.5 Å². The van der Waals surface area contributed by atoms with E-state index in [-0.39, 0.29) is 35.7 Å². The third-order valence-corrected chi connectivity index (χ3v) is 9.61. The molecule has 0 aromatic heterocycles. The van der Waals surface area contributed by atoms with E-state index in [9.17, 15) is 18.0 Å². The molecule has 11 heteroatoms. The number of hydrogen-bond acceptors (Lipinski definition) is 6. The van der Waals surface area contributed by atoms with Gasteiger partial charge in [0.2, 0.25) is 11.8 Å². The summed E-state index contributed by atoms with van der Waals surface area (Å²) in [5, 5.41) is 2.93. The Hall–Kier alpha value is -4.90. The fraction of sp³-hybridized carbons (Fsp3) is 0.278. The molecule has 0 radical (unpaired) electrons. The van der Waals surface area contributed by atoms with Crippen molar-refractivity contribution in [3.05, 3.63) is 120 Å². The highest BCUT2D eigenvalue weighted by Gasteiger charge is 2.35. The van der Waals surface area contributed by atoms with E-state index in [0.717, 1.165) is 22.7 Å². The zero-order valence-electron chi connectivity index (χ0n) is 26.2. The number of nitrogens with one attached hydrogen (secondary N) is 1. The number of ether oxygens (including phenoxy) is 2. The summed E-state index contributed by atoms with van der Waals surface area (Å²) in [5.41, 5.74) is 1.15. The third-order valence-electron chi connectivity index (χ3n) is 7.82. The molecule has 1 heterocycles. The first-order valence-corrected chi connectivity index (χ1v) is 17.0. The van der Waals surface area contributed by atoms with Crippen LogP contribution in [0.3, 0.4) is 0 Å². The second-order valence-corrected chi connectivity index (χ2v) is 13.0. The van der Waals surface area contributed by atoms with Gasteiger partial charge in [-0.3, -0.25) is 13.9 Å². The molecule has 0 fully saturated rings. The predicted molar refractivity (Wildman–Crippen MR) is 177 cm³/mol. The molecule has 0 spiro atoms.